The van der Waals surface area contributed by atoms with Gasteiger partial charge in [-0.15, -0.1) is 24.0 Å². The topological polar surface area (TPSA) is 65.5 Å². The average molecular weight is 432 g/mol. The van der Waals surface area contributed by atoms with E-state index in [0.29, 0.717) is 12.6 Å². The van der Waals surface area contributed by atoms with Crippen LogP contribution in [0.25, 0.3) is 0 Å². The fourth-order valence-electron chi connectivity index (χ4n) is 1.93. The molecule has 1 aromatic carbocycles. The molecule has 0 saturated heterocycles. The number of unbranched alkanes of at least 4 members (excludes halogenated alkanes) is 1. The number of amides is 1. The fourth-order valence-corrected chi connectivity index (χ4v) is 1.93. The molecule has 6 heteroatoms. The molecule has 1 aromatic rings. The number of hydrogen-bond donors (Lipinski definition) is 3. The first kappa shape index (κ1) is 21.7. The molecule has 0 aliphatic heterocycles. The summed E-state index contributed by atoms with van der Waals surface area (Å²) in [5, 5.41) is 9.45. The predicted molar refractivity (Wildman–Crippen MR) is 108 cm³/mol. The lowest BCUT2D eigenvalue weighted by Crippen LogP contribution is -2.41. The number of carbonyl (C=O) groups excluding carboxylic acids is 1. The van der Waals surface area contributed by atoms with E-state index in [9.17, 15) is 4.79 Å². The maximum atomic E-state index is 11.1. The van der Waals surface area contributed by atoms with Crippen LogP contribution in [0.3, 0.4) is 0 Å². The van der Waals surface area contributed by atoms with Crippen molar-refractivity contribution in [2.24, 2.45) is 4.99 Å². The van der Waals surface area contributed by atoms with Crippen LogP contribution in [0, 0.1) is 0 Å². The van der Waals surface area contributed by atoms with Gasteiger partial charge in [0.05, 0.1) is 6.54 Å². The average Bonchev–Trinajstić information content (AvgIpc) is 2.44. The molecule has 0 fully saturated rings. The summed E-state index contributed by atoms with van der Waals surface area (Å²) in [6, 6.07) is 8.09. The smallest absolute Gasteiger partial charge is 0.221 e. The van der Waals surface area contributed by atoms with Crippen LogP contribution < -0.4 is 16.0 Å². The third kappa shape index (κ3) is 10.1. The van der Waals surface area contributed by atoms with E-state index in [4.69, 9.17) is 0 Å². The third-order valence-electron chi connectivity index (χ3n) is 2.92. The molecule has 0 radical (unpaired) electrons. The molecular weight excluding hydrogens is 403 g/mol. The molecule has 5 nitrogen and oxygen atoms in total. The van der Waals surface area contributed by atoms with Gasteiger partial charge in [-0.2, -0.15) is 0 Å². The van der Waals surface area contributed by atoms with Gasteiger partial charge in [-0.3, -0.25) is 4.79 Å². The number of rotatable bonds is 7. The summed E-state index contributed by atoms with van der Waals surface area (Å²) in [6.07, 6.45) is 2.28. The molecule has 130 valence electrons. The van der Waals surface area contributed by atoms with Gasteiger partial charge in [0.1, 0.15) is 0 Å². The SMILES string of the molecule is CCCCNC(=NCc1cccc(NC(C)=O)c1)NC(C)C.I. The Labute approximate surface area is 156 Å². The summed E-state index contributed by atoms with van der Waals surface area (Å²) >= 11 is 0. The highest BCUT2D eigenvalue weighted by molar-refractivity contribution is 14.0. The monoisotopic (exact) mass is 432 g/mol. The maximum absolute atomic E-state index is 11.1. The number of anilines is 1. The Morgan fingerprint density at radius 2 is 2.04 bits per heavy atom. The number of benzene rings is 1. The van der Waals surface area contributed by atoms with Crippen molar-refractivity contribution in [3.05, 3.63) is 29.8 Å². The number of nitrogens with zero attached hydrogens (tertiary/aromatic N) is 1. The summed E-state index contributed by atoms with van der Waals surface area (Å²) in [4.78, 5) is 15.7. The van der Waals surface area contributed by atoms with E-state index >= 15 is 0 Å². The minimum atomic E-state index is -0.0657. The van der Waals surface area contributed by atoms with Gasteiger partial charge in [0.15, 0.2) is 5.96 Å². The van der Waals surface area contributed by atoms with Crippen molar-refractivity contribution >= 4 is 41.5 Å². The second-order valence-corrected chi connectivity index (χ2v) is 5.63. The van der Waals surface area contributed by atoms with E-state index in [1.165, 1.54) is 6.92 Å². The second kappa shape index (κ2) is 12.2. The van der Waals surface area contributed by atoms with Gasteiger partial charge in [-0.1, -0.05) is 25.5 Å². The molecule has 0 unspecified atom stereocenters. The molecule has 0 saturated carbocycles. The minimum absolute atomic E-state index is 0. The molecule has 0 spiro atoms. The van der Waals surface area contributed by atoms with Crippen LogP contribution in [0.4, 0.5) is 5.69 Å². The van der Waals surface area contributed by atoms with Gasteiger partial charge < -0.3 is 16.0 Å². The molecule has 1 amide bonds. The van der Waals surface area contributed by atoms with E-state index in [1.807, 2.05) is 24.3 Å². The number of carbonyl (C=O) groups is 1. The largest absolute Gasteiger partial charge is 0.356 e. The Kier molecular flexibility index (Phi) is 11.5. The van der Waals surface area contributed by atoms with Crippen LogP contribution in [0.2, 0.25) is 0 Å². The van der Waals surface area contributed by atoms with Gasteiger partial charge >= 0.3 is 0 Å². The standard InChI is InChI=1S/C17H28N4O.HI/c1-5-6-10-18-17(20-13(2)3)19-12-15-8-7-9-16(11-15)21-14(4)22;/h7-9,11,13H,5-6,10,12H2,1-4H3,(H,21,22)(H2,18,19,20);1H. The fraction of sp³-hybridized carbons (Fsp3) is 0.529. The molecule has 23 heavy (non-hydrogen) atoms. The molecule has 0 atom stereocenters. The summed E-state index contributed by atoms with van der Waals surface area (Å²) < 4.78 is 0. The molecule has 0 aliphatic carbocycles. The lowest BCUT2D eigenvalue weighted by molar-refractivity contribution is -0.114. The number of guanidine groups is 1. The van der Waals surface area contributed by atoms with Crippen LogP contribution >= 0.6 is 24.0 Å². The normalized spacial score (nSPS) is 10.9. The molecule has 0 bridgehead atoms. The van der Waals surface area contributed by atoms with E-state index < -0.39 is 0 Å². The van der Waals surface area contributed by atoms with Crippen LogP contribution in [0.5, 0.6) is 0 Å². The number of aliphatic imine (C=N–C) groups is 1. The van der Waals surface area contributed by atoms with Crippen LogP contribution in [-0.2, 0) is 11.3 Å². The number of halogens is 1. The molecule has 0 aromatic heterocycles. The summed E-state index contributed by atoms with van der Waals surface area (Å²) in [5.41, 5.74) is 1.86. The number of hydrogen-bond acceptors (Lipinski definition) is 2. The molecule has 0 aliphatic rings. The van der Waals surface area contributed by atoms with Gasteiger partial charge in [0.25, 0.3) is 0 Å². The second-order valence-electron chi connectivity index (χ2n) is 5.63. The van der Waals surface area contributed by atoms with Crippen LogP contribution in [-0.4, -0.2) is 24.5 Å². The van der Waals surface area contributed by atoms with Crippen molar-refractivity contribution in [3.8, 4) is 0 Å². The van der Waals surface area contributed by atoms with Gasteiger partial charge in [-0.05, 0) is 38.0 Å². The summed E-state index contributed by atoms with van der Waals surface area (Å²) in [6.45, 7) is 9.35. The van der Waals surface area contributed by atoms with Crippen molar-refractivity contribution in [1.82, 2.24) is 10.6 Å². The minimum Gasteiger partial charge on any atom is -0.356 e. The summed E-state index contributed by atoms with van der Waals surface area (Å²) in [7, 11) is 0. The first-order chi connectivity index (χ1) is 10.5. The zero-order valence-corrected chi connectivity index (χ0v) is 16.8. The zero-order valence-electron chi connectivity index (χ0n) is 14.5. The molecular formula is C17H29IN4O. The Morgan fingerprint density at radius 1 is 1.30 bits per heavy atom. The molecule has 3 N–H and O–H groups in total. The van der Waals surface area contributed by atoms with Gasteiger partial charge in [-0.25, -0.2) is 4.99 Å². The highest BCUT2D eigenvalue weighted by atomic mass is 127. The Balaban J connectivity index is 0.00000484. The van der Waals surface area contributed by atoms with E-state index in [0.717, 1.165) is 36.6 Å². The van der Waals surface area contributed by atoms with E-state index in [1.54, 1.807) is 0 Å². The predicted octanol–water partition coefficient (Wildman–Crippen LogP) is 3.51. The first-order valence-electron chi connectivity index (χ1n) is 7.92. The lowest BCUT2D eigenvalue weighted by atomic mass is 10.2. The van der Waals surface area contributed by atoms with Crippen molar-refractivity contribution in [2.45, 2.75) is 53.1 Å². The van der Waals surface area contributed by atoms with Crippen molar-refractivity contribution in [2.75, 3.05) is 11.9 Å². The zero-order chi connectivity index (χ0) is 16.4. The van der Waals surface area contributed by atoms with Gasteiger partial charge in [0.2, 0.25) is 5.91 Å². The van der Waals surface area contributed by atoms with Crippen molar-refractivity contribution in [1.29, 1.82) is 0 Å². The molecule has 0 heterocycles. The van der Waals surface area contributed by atoms with E-state index in [-0.39, 0.29) is 29.9 Å². The van der Waals surface area contributed by atoms with Gasteiger partial charge in [0, 0.05) is 25.2 Å². The van der Waals surface area contributed by atoms with Crippen LogP contribution in [0.1, 0.15) is 46.1 Å². The Hall–Kier alpha value is -1.31. The molecule has 1 rings (SSSR count). The Morgan fingerprint density at radius 3 is 2.65 bits per heavy atom. The van der Waals surface area contributed by atoms with Crippen molar-refractivity contribution < 1.29 is 4.79 Å². The highest BCUT2D eigenvalue weighted by Gasteiger charge is 2.02. The first-order valence-corrected chi connectivity index (χ1v) is 7.92. The lowest BCUT2D eigenvalue weighted by Gasteiger charge is -2.15. The maximum Gasteiger partial charge on any atom is 0.221 e. The van der Waals surface area contributed by atoms with Crippen molar-refractivity contribution in [3.63, 3.8) is 0 Å². The third-order valence-corrected chi connectivity index (χ3v) is 2.92. The van der Waals surface area contributed by atoms with Crippen LogP contribution in [0.15, 0.2) is 29.3 Å². The van der Waals surface area contributed by atoms with E-state index in [2.05, 4.69) is 41.7 Å². The highest BCUT2D eigenvalue weighted by Crippen LogP contribution is 2.11. The summed E-state index contributed by atoms with van der Waals surface area (Å²) in [5.74, 6) is 0.762. The Bertz CT molecular complexity index is 503. The quantitative estimate of drug-likeness (QED) is 0.268. The number of nitrogens with one attached hydrogen (secondary N) is 3.